The molecule has 0 radical (unpaired) electrons. The molecule has 0 saturated carbocycles. The molecule has 0 bridgehead atoms. The van der Waals surface area contributed by atoms with E-state index in [0.29, 0.717) is 32.3 Å². The first kappa shape index (κ1) is 22.7. The van der Waals surface area contributed by atoms with E-state index in [2.05, 4.69) is 25.8 Å². The lowest BCUT2D eigenvalue weighted by atomic mass is 10.0. The van der Waals surface area contributed by atoms with Crippen LogP contribution in [0.25, 0.3) is 0 Å². The summed E-state index contributed by atoms with van der Waals surface area (Å²) in [5.74, 6) is 0.333. The predicted octanol–water partition coefficient (Wildman–Crippen LogP) is 2.52. The van der Waals surface area contributed by atoms with Crippen LogP contribution in [-0.2, 0) is 16.1 Å². The number of ether oxygens (including phenoxy) is 1. The van der Waals surface area contributed by atoms with Gasteiger partial charge in [-0.25, -0.2) is 4.39 Å². The zero-order valence-corrected chi connectivity index (χ0v) is 18.0. The number of nitrogens with zero attached hydrogens (tertiary/aromatic N) is 2. The molecule has 2 aromatic rings. The molecule has 0 spiro atoms. The molecule has 0 aliphatic carbocycles. The van der Waals surface area contributed by atoms with E-state index in [1.54, 1.807) is 7.05 Å². The fourth-order valence-corrected chi connectivity index (χ4v) is 3.59. The smallest absolute Gasteiger partial charge is 0.221 e. The molecule has 1 atom stereocenters. The number of carbonyl (C=O) groups excluding carboxylic acids is 1. The number of carbonyl (C=O) groups is 1. The lowest BCUT2D eigenvalue weighted by molar-refractivity contribution is -0.114. The quantitative estimate of drug-likeness (QED) is 0.468. The van der Waals surface area contributed by atoms with E-state index in [4.69, 9.17) is 4.74 Å². The molecule has 0 aromatic heterocycles. The topological polar surface area (TPSA) is 78.0 Å². The van der Waals surface area contributed by atoms with Crippen LogP contribution in [-0.4, -0.2) is 56.7 Å². The summed E-state index contributed by atoms with van der Waals surface area (Å²) in [6, 6.07) is 14.4. The van der Waals surface area contributed by atoms with Crippen molar-refractivity contribution in [2.75, 3.05) is 45.2 Å². The molecule has 3 N–H and O–H groups in total. The largest absolute Gasteiger partial charge is 0.379 e. The summed E-state index contributed by atoms with van der Waals surface area (Å²) in [7, 11) is 1.73. The highest BCUT2D eigenvalue weighted by Gasteiger charge is 2.23. The third-order valence-electron chi connectivity index (χ3n) is 5.13. The van der Waals surface area contributed by atoms with Crippen LogP contribution < -0.4 is 16.0 Å². The number of hydrogen-bond donors (Lipinski definition) is 3. The molecule has 1 saturated heterocycles. The minimum atomic E-state index is -0.239. The molecular formula is C23H30FN5O2. The summed E-state index contributed by atoms with van der Waals surface area (Å²) < 4.78 is 18.9. The van der Waals surface area contributed by atoms with Crippen LogP contribution in [0.1, 0.15) is 24.1 Å². The highest BCUT2D eigenvalue weighted by atomic mass is 19.1. The van der Waals surface area contributed by atoms with Crippen LogP contribution in [0.15, 0.2) is 53.5 Å². The number of aliphatic imine (C=N–C) groups is 1. The van der Waals surface area contributed by atoms with Gasteiger partial charge >= 0.3 is 0 Å². The molecule has 7 nitrogen and oxygen atoms in total. The van der Waals surface area contributed by atoms with Gasteiger partial charge in [-0.15, -0.1) is 0 Å². The Morgan fingerprint density at radius 2 is 1.90 bits per heavy atom. The first-order chi connectivity index (χ1) is 15.0. The third kappa shape index (κ3) is 7.04. The van der Waals surface area contributed by atoms with Gasteiger partial charge in [-0.2, -0.15) is 0 Å². The Morgan fingerprint density at radius 1 is 1.16 bits per heavy atom. The van der Waals surface area contributed by atoms with Gasteiger partial charge in [-0.1, -0.05) is 24.3 Å². The van der Waals surface area contributed by atoms with E-state index < -0.39 is 0 Å². The van der Waals surface area contributed by atoms with Gasteiger partial charge in [0.05, 0.1) is 19.3 Å². The van der Waals surface area contributed by atoms with Gasteiger partial charge in [0, 0.05) is 45.8 Å². The molecule has 1 aliphatic rings. The number of anilines is 1. The van der Waals surface area contributed by atoms with Gasteiger partial charge in [0.2, 0.25) is 5.91 Å². The zero-order chi connectivity index (χ0) is 22.1. The molecule has 3 rings (SSSR count). The van der Waals surface area contributed by atoms with Gasteiger partial charge in [0.15, 0.2) is 5.96 Å². The number of amides is 1. The van der Waals surface area contributed by atoms with Gasteiger partial charge < -0.3 is 20.7 Å². The van der Waals surface area contributed by atoms with E-state index >= 15 is 0 Å². The Bertz CT molecular complexity index is 882. The molecule has 31 heavy (non-hydrogen) atoms. The number of nitrogens with one attached hydrogen (secondary N) is 3. The second-order valence-electron chi connectivity index (χ2n) is 7.40. The normalized spacial score (nSPS) is 15.9. The third-order valence-corrected chi connectivity index (χ3v) is 5.13. The maximum absolute atomic E-state index is 13.4. The van der Waals surface area contributed by atoms with Crippen molar-refractivity contribution >= 4 is 17.6 Å². The van der Waals surface area contributed by atoms with Crippen molar-refractivity contribution in [3.05, 3.63) is 65.5 Å². The Hall–Kier alpha value is -2.97. The van der Waals surface area contributed by atoms with Gasteiger partial charge in [0.25, 0.3) is 0 Å². The minimum absolute atomic E-state index is 0.0751. The number of guanidine groups is 1. The van der Waals surface area contributed by atoms with Crippen LogP contribution in [0.2, 0.25) is 0 Å². The van der Waals surface area contributed by atoms with E-state index in [9.17, 15) is 9.18 Å². The summed E-state index contributed by atoms with van der Waals surface area (Å²) in [5.41, 5.74) is 2.84. The van der Waals surface area contributed by atoms with E-state index in [1.165, 1.54) is 19.1 Å². The first-order valence-corrected chi connectivity index (χ1v) is 10.4. The van der Waals surface area contributed by atoms with Crippen molar-refractivity contribution in [1.82, 2.24) is 15.5 Å². The van der Waals surface area contributed by atoms with Crippen molar-refractivity contribution in [2.24, 2.45) is 4.99 Å². The summed E-state index contributed by atoms with van der Waals surface area (Å²) in [4.78, 5) is 17.9. The highest BCUT2D eigenvalue weighted by Crippen LogP contribution is 2.21. The number of morpholine rings is 1. The second kappa shape index (κ2) is 11.4. The molecule has 2 aromatic carbocycles. The van der Waals surface area contributed by atoms with Crippen molar-refractivity contribution in [3.8, 4) is 0 Å². The van der Waals surface area contributed by atoms with Crippen LogP contribution >= 0.6 is 0 Å². The number of rotatable bonds is 7. The molecular weight excluding hydrogens is 397 g/mol. The van der Waals surface area contributed by atoms with E-state index in [1.807, 2.05) is 36.4 Å². The number of hydrogen-bond acceptors (Lipinski definition) is 4. The predicted molar refractivity (Wildman–Crippen MR) is 120 cm³/mol. The lowest BCUT2D eigenvalue weighted by Crippen LogP contribution is -2.46. The summed E-state index contributed by atoms with van der Waals surface area (Å²) >= 11 is 0. The Balaban J connectivity index is 1.61. The van der Waals surface area contributed by atoms with Crippen molar-refractivity contribution in [2.45, 2.75) is 19.5 Å². The maximum Gasteiger partial charge on any atom is 0.221 e. The molecule has 1 amide bonds. The van der Waals surface area contributed by atoms with Crippen molar-refractivity contribution in [1.29, 1.82) is 0 Å². The van der Waals surface area contributed by atoms with Gasteiger partial charge in [0.1, 0.15) is 5.82 Å². The average molecular weight is 428 g/mol. The lowest BCUT2D eigenvalue weighted by Gasteiger charge is -2.35. The summed E-state index contributed by atoms with van der Waals surface area (Å²) in [6.45, 7) is 5.70. The van der Waals surface area contributed by atoms with Crippen molar-refractivity contribution in [3.63, 3.8) is 0 Å². The standard InChI is InChI=1S/C23H30FN5O2/c1-17(30)28-21-5-3-4-18(14-21)15-26-23(25-2)27-16-22(29-10-12-31-13-11-29)19-6-8-20(24)9-7-19/h3-9,14,22H,10-13,15-16H2,1-2H3,(H,28,30)(H2,25,26,27). The fraction of sp³-hybridized carbons (Fsp3) is 0.391. The van der Waals surface area contributed by atoms with Gasteiger partial charge in [-0.05, 0) is 35.4 Å². The molecule has 166 valence electrons. The summed E-state index contributed by atoms with van der Waals surface area (Å²) in [6.07, 6.45) is 0. The minimum Gasteiger partial charge on any atom is -0.379 e. The second-order valence-corrected chi connectivity index (χ2v) is 7.40. The average Bonchev–Trinajstić information content (AvgIpc) is 2.77. The molecule has 1 fully saturated rings. The molecule has 1 unspecified atom stereocenters. The van der Waals surface area contributed by atoms with Crippen molar-refractivity contribution < 1.29 is 13.9 Å². The van der Waals surface area contributed by atoms with E-state index in [-0.39, 0.29) is 17.8 Å². The number of benzene rings is 2. The van der Waals surface area contributed by atoms with Crippen LogP contribution in [0, 0.1) is 5.82 Å². The molecule has 8 heteroatoms. The Labute approximate surface area is 182 Å². The van der Waals surface area contributed by atoms with Crippen LogP contribution in [0.5, 0.6) is 0 Å². The van der Waals surface area contributed by atoms with Crippen LogP contribution in [0.3, 0.4) is 0 Å². The monoisotopic (exact) mass is 427 g/mol. The zero-order valence-electron chi connectivity index (χ0n) is 18.0. The Morgan fingerprint density at radius 3 is 2.58 bits per heavy atom. The summed E-state index contributed by atoms with van der Waals surface area (Å²) in [5, 5.41) is 9.49. The highest BCUT2D eigenvalue weighted by molar-refractivity contribution is 5.88. The van der Waals surface area contributed by atoms with Gasteiger partial charge in [-0.3, -0.25) is 14.7 Å². The fourth-order valence-electron chi connectivity index (χ4n) is 3.59. The van der Waals surface area contributed by atoms with Crippen LogP contribution in [0.4, 0.5) is 10.1 Å². The maximum atomic E-state index is 13.4. The first-order valence-electron chi connectivity index (χ1n) is 10.4. The SMILES string of the molecule is CN=C(NCc1cccc(NC(C)=O)c1)NCC(c1ccc(F)cc1)N1CCOCC1. The molecule has 1 aliphatic heterocycles. The molecule has 1 heterocycles. The number of halogens is 1. The Kier molecular flexibility index (Phi) is 8.37. The van der Waals surface area contributed by atoms with E-state index in [0.717, 1.165) is 29.9 Å².